The van der Waals surface area contributed by atoms with Crippen molar-refractivity contribution in [3.63, 3.8) is 0 Å². The molecule has 2 heterocycles. The van der Waals surface area contributed by atoms with Crippen molar-refractivity contribution in [1.29, 1.82) is 0 Å². The Bertz CT molecular complexity index is 113. The van der Waals surface area contributed by atoms with Gasteiger partial charge < -0.3 is 15.2 Å². The molecule has 0 aromatic rings. The lowest BCUT2D eigenvalue weighted by atomic mass is 10.2. The van der Waals surface area contributed by atoms with Crippen molar-refractivity contribution in [2.75, 3.05) is 13.2 Å². The Hall–Kier alpha value is -0.120. The van der Waals surface area contributed by atoms with Crippen molar-refractivity contribution in [2.45, 2.75) is 45.9 Å². The van der Waals surface area contributed by atoms with Crippen LogP contribution >= 0.6 is 0 Å². The van der Waals surface area contributed by atoms with Crippen LogP contribution in [0.3, 0.4) is 0 Å². The first-order chi connectivity index (χ1) is 5.81. The van der Waals surface area contributed by atoms with E-state index in [0.717, 1.165) is 13.0 Å². The number of hydrogen-bond acceptors (Lipinski definition) is 2. The molecule has 2 aliphatic rings. The fourth-order valence-electron chi connectivity index (χ4n) is 1.18. The highest BCUT2D eigenvalue weighted by molar-refractivity contribution is 4.84. The summed E-state index contributed by atoms with van der Waals surface area (Å²) >= 11 is 0. The topological polar surface area (TPSA) is 46.1 Å². The molecule has 3 nitrogen and oxygen atoms in total. The van der Waals surface area contributed by atoms with E-state index in [4.69, 9.17) is 9.84 Å². The number of aliphatic hydroxyl groups excluding tert-OH is 1. The van der Waals surface area contributed by atoms with E-state index in [1.807, 2.05) is 27.7 Å². The van der Waals surface area contributed by atoms with Gasteiger partial charge in [-0.15, -0.1) is 0 Å². The summed E-state index contributed by atoms with van der Waals surface area (Å²) in [5.74, 6) is 0. The van der Waals surface area contributed by atoms with Crippen molar-refractivity contribution in [3.8, 4) is 0 Å². The minimum absolute atomic E-state index is 0.0411. The lowest BCUT2D eigenvalue weighted by Crippen LogP contribution is -2.65. The van der Waals surface area contributed by atoms with Crippen LogP contribution in [-0.2, 0) is 4.74 Å². The Morgan fingerprint density at radius 2 is 1.83 bits per heavy atom. The molecule has 2 fully saturated rings. The molecule has 0 aromatic heterocycles. The molecule has 2 unspecified atom stereocenters. The number of rotatable bonds is 0. The van der Waals surface area contributed by atoms with Crippen LogP contribution in [0.4, 0.5) is 0 Å². The predicted octanol–water partition coefficient (Wildman–Crippen LogP) is 0.0933. The second-order valence-electron chi connectivity index (χ2n) is 2.64. The third-order valence-electron chi connectivity index (χ3n) is 1.80. The molecule has 2 rings (SSSR count). The molecular weight excluding hydrogens is 154 g/mol. The van der Waals surface area contributed by atoms with E-state index in [-0.39, 0.29) is 11.8 Å². The van der Waals surface area contributed by atoms with Gasteiger partial charge in [-0.2, -0.15) is 0 Å². The lowest BCUT2D eigenvalue weighted by Gasteiger charge is -1.91. The summed E-state index contributed by atoms with van der Waals surface area (Å²) in [6, 6.07) is 0. The highest BCUT2D eigenvalue weighted by Crippen LogP contribution is 2.23. The summed E-state index contributed by atoms with van der Waals surface area (Å²) in [7, 11) is 0. The second kappa shape index (κ2) is 5.51. The minimum Gasteiger partial charge on any atom is -0.390 e. The SMILES string of the molecule is CC.CC.OC1COC2(C[NH2+]2)C1. The Balaban J connectivity index is 0.000000269. The minimum atomic E-state index is -0.200. The van der Waals surface area contributed by atoms with Crippen LogP contribution in [0.15, 0.2) is 0 Å². The first-order valence-electron chi connectivity index (χ1n) is 4.97. The molecule has 74 valence electrons. The molecule has 3 N–H and O–H groups in total. The van der Waals surface area contributed by atoms with Crippen molar-refractivity contribution in [3.05, 3.63) is 0 Å². The third kappa shape index (κ3) is 3.09. The molecule has 2 saturated heterocycles. The van der Waals surface area contributed by atoms with Crippen LogP contribution in [0.25, 0.3) is 0 Å². The third-order valence-corrected chi connectivity index (χ3v) is 1.80. The van der Waals surface area contributed by atoms with Gasteiger partial charge in [0.15, 0.2) is 6.54 Å². The normalized spacial score (nSPS) is 36.2. The van der Waals surface area contributed by atoms with E-state index in [1.165, 1.54) is 0 Å². The first-order valence-corrected chi connectivity index (χ1v) is 4.97. The Kier molecular flexibility index (Phi) is 5.46. The van der Waals surface area contributed by atoms with Crippen molar-refractivity contribution >= 4 is 0 Å². The molecule has 0 aliphatic carbocycles. The smallest absolute Gasteiger partial charge is 0.253 e. The van der Waals surface area contributed by atoms with Crippen LogP contribution in [0.2, 0.25) is 0 Å². The maximum atomic E-state index is 8.96. The van der Waals surface area contributed by atoms with Crippen LogP contribution in [0, 0.1) is 0 Å². The molecule has 0 radical (unpaired) electrons. The van der Waals surface area contributed by atoms with Crippen LogP contribution < -0.4 is 5.32 Å². The average molecular weight is 176 g/mol. The highest BCUT2D eigenvalue weighted by Gasteiger charge is 2.56. The molecule has 3 heteroatoms. The van der Waals surface area contributed by atoms with Gasteiger partial charge in [0.05, 0.1) is 19.1 Å². The molecule has 0 saturated carbocycles. The zero-order valence-electron chi connectivity index (χ0n) is 8.63. The standard InChI is InChI=1S/C5H9NO2.2C2H6/c7-4-1-5(3-6-5)8-2-4;2*1-2/h4,6-7H,1-3H2;2*1-2H3/p+1. The van der Waals surface area contributed by atoms with Gasteiger partial charge in [-0.3, -0.25) is 0 Å². The van der Waals surface area contributed by atoms with E-state index < -0.39 is 0 Å². The molecule has 1 spiro atoms. The summed E-state index contributed by atoms with van der Waals surface area (Å²) in [6.45, 7) is 9.58. The van der Waals surface area contributed by atoms with Gasteiger partial charge in [0, 0.05) is 0 Å². The average Bonchev–Trinajstić information content (AvgIpc) is 2.79. The molecule has 0 amide bonds. The fourth-order valence-corrected chi connectivity index (χ4v) is 1.18. The maximum absolute atomic E-state index is 8.96. The predicted molar refractivity (Wildman–Crippen MR) is 48.8 cm³/mol. The summed E-state index contributed by atoms with van der Waals surface area (Å²) in [5, 5.41) is 11.1. The van der Waals surface area contributed by atoms with Gasteiger partial charge in [0.25, 0.3) is 5.72 Å². The monoisotopic (exact) mass is 176 g/mol. The summed E-state index contributed by atoms with van der Waals surface area (Å²) < 4.78 is 5.26. The molecule has 12 heavy (non-hydrogen) atoms. The van der Waals surface area contributed by atoms with E-state index in [2.05, 4.69) is 5.32 Å². The van der Waals surface area contributed by atoms with E-state index in [0.29, 0.717) is 6.61 Å². The summed E-state index contributed by atoms with van der Waals surface area (Å²) in [6.07, 6.45) is 0.626. The van der Waals surface area contributed by atoms with Crippen molar-refractivity contribution in [2.24, 2.45) is 0 Å². The van der Waals surface area contributed by atoms with Gasteiger partial charge in [0.2, 0.25) is 0 Å². The van der Waals surface area contributed by atoms with Gasteiger partial charge >= 0.3 is 0 Å². The van der Waals surface area contributed by atoms with Crippen LogP contribution in [0.5, 0.6) is 0 Å². The summed E-state index contributed by atoms with van der Waals surface area (Å²) in [5.41, 5.74) is 0.0411. The Morgan fingerprint density at radius 3 is 2.00 bits per heavy atom. The van der Waals surface area contributed by atoms with E-state index in [1.54, 1.807) is 0 Å². The number of nitrogens with two attached hydrogens (primary N) is 1. The summed E-state index contributed by atoms with van der Waals surface area (Å²) in [4.78, 5) is 0. The maximum Gasteiger partial charge on any atom is 0.253 e. The molecular formula is C9H22NO2+. The van der Waals surface area contributed by atoms with Crippen LogP contribution in [-0.4, -0.2) is 30.1 Å². The molecule has 0 bridgehead atoms. The molecule has 2 aliphatic heterocycles. The van der Waals surface area contributed by atoms with Crippen molar-refractivity contribution in [1.82, 2.24) is 0 Å². The quantitative estimate of drug-likeness (QED) is 0.514. The highest BCUT2D eigenvalue weighted by atomic mass is 16.5. The van der Waals surface area contributed by atoms with E-state index >= 15 is 0 Å². The van der Waals surface area contributed by atoms with Crippen molar-refractivity contribution < 1.29 is 15.2 Å². The van der Waals surface area contributed by atoms with Gasteiger partial charge in [-0.25, -0.2) is 0 Å². The lowest BCUT2D eigenvalue weighted by molar-refractivity contribution is -0.557. The second-order valence-corrected chi connectivity index (χ2v) is 2.64. The number of quaternary nitrogens is 1. The Morgan fingerprint density at radius 1 is 1.33 bits per heavy atom. The first kappa shape index (κ1) is 11.9. The molecule has 0 aromatic carbocycles. The zero-order chi connectivity index (χ0) is 9.61. The largest absolute Gasteiger partial charge is 0.390 e. The Labute approximate surface area is 75.1 Å². The zero-order valence-corrected chi connectivity index (χ0v) is 8.63. The molecule has 2 atom stereocenters. The van der Waals surface area contributed by atoms with Gasteiger partial charge in [0.1, 0.15) is 0 Å². The van der Waals surface area contributed by atoms with Crippen LogP contribution in [0.1, 0.15) is 34.1 Å². The number of ether oxygens (including phenoxy) is 1. The van der Waals surface area contributed by atoms with Gasteiger partial charge in [-0.1, -0.05) is 27.7 Å². The number of aliphatic hydroxyl groups is 1. The fraction of sp³-hybridized carbons (Fsp3) is 1.00. The van der Waals surface area contributed by atoms with Gasteiger partial charge in [-0.05, 0) is 0 Å². The number of hydrogen-bond donors (Lipinski definition) is 2. The van der Waals surface area contributed by atoms with E-state index in [9.17, 15) is 0 Å².